The topological polar surface area (TPSA) is 77.8 Å². The highest BCUT2D eigenvalue weighted by Gasteiger charge is 2.35. The second kappa shape index (κ2) is 7.28. The molecule has 0 spiro atoms. The van der Waals surface area contributed by atoms with Gasteiger partial charge >= 0.3 is 6.18 Å². The fraction of sp³-hybridized carbons (Fsp3) is 0.167. The molecule has 1 aliphatic heterocycles. The summed E-state index contributed by atoms with van der Waals surface area (Å²) in [6, 6.07) is 5.98. The van der Waals surface area contributed by atoms with Gasteiger partial charge in [0.1, 0.15) is 5.56 Å². The van der Waals surface area contributed by atoms with Gasteiger partial charge in [0.05, 0.1) is 11.6 Å². The van der Waals surface area contributed by atoms with Crippen LogP contribution in [-0.2, 0) is 17.5 Å². The molecular weight excluding hydrogens is 413 g/mol. The summed E-state index contributed by atoms with van der Waals surface area (Å²) in [6.45, 7) is 0.0124. The summed E-state index contributed by atoms with van der Waals surface area (Å²) in [7, 11) is 0. The smallest absolute Gasteiger partial charge is 0.420 e. The first kappa shape index (κ1) is 19.1. The Hall–Kier alpha value is -3.27. The highest BCUT2D eigenvalue weighted by molar-refractivity contribution is 6.30. The molecule has 0 unspecified atom stereocenters. The summed E-state index contributed by atoms with van der Waals surface area (Å²) < 4.78 is 51.0. The van der Waals surface area contributed by atoms with Crippen LogP contribution in [0.3, 0.4) is 0 Å². The number of benzene rings is 1. The van der Waals surface area contributed by atoms with Gasteiger partial charge in [0, 0.05) is 12.3 Å². The van der Waals surface area contributed by atoms with Crippen LogP contribution in [0.4, 0.5) is 13.2 Å². The predicted molar refractivity (Wildman–Crippen MR) is 96.4 cm³/mol. The molecule has 150 valence electrons. The molecule has 3 heterocycles. The maximum Gasteiger partial charge on any atom is 0.420 e. The summed E-state index contributed by atoms with van der Waals surface area (Å²) in [4.78, 5) is 12.1. The molecule has 0 bridgehead atoms. The third kappa shape index (κ3) is 3.97. The van der Waals surface area contributed by atoms with E-state index in [1.165, 1.54) is 12.3 Å². The van der Waals surface area contributed by atoms with Crippen LogP contribution in [0.1, 0.15) is 17.0 Å². The molecule has 3 aromatic rings. The quantitative estimate of drug-likeness (QED) is 0.649. The van der Waals surface area contributed by atoms with Gasteiger partial charge in [-0.05, 0) is 29.8 Å². The van der Waals surface area contributed by atoms with E-state index in [1.807, 2.05) is 0 Å². The van der Waals surface area contributed by atoms with Crippen LogP contribution in [-0.4, -0.2) is 27.3 Å². The van der Waals surface area contributed by atoms with Crippen LogP contribution in [0, 0.1) is 0 Å². The Morgan fingerprint density at radius 1 is 1.24 bits per heavy atom. The number of alkyl halides is 3. The van der Waals surface area contributed by atoms with Gasteiger partial charge in [-0.25, -0.2) is 0 Å². The SMILES string of the molecule is O=C(/C=C/c1ccc2c(c1)OCO2)NCc1nnc2c(C(F)(F)F)cc(Cl)cn12. The Labute approximate surface area is 166 Å². The first-order chi connectivity index (χ1) is 13.8. The number of aromatic nitrogens is 3. The van der Waals surface area contributed by atoms with Gasteiger partial charge in [-0.3, -0.25) is 9.20 Å². The van der Waals surface area contributed by atoms with Gasteiger partial charge in [0.2, 0.25) is 12.7 Å². The van der Waals surface area contributed by atoms with Crippen molar-refractivity contribution in [3.63, 3.8) is 0 Å². The van der Waals surface area contributed by atoms with Gasteiger partial charge in [0.15, 0.2) is 23.0 Å². The first-order valence-corrected chi connectivity index (χ1v) is 8.65. The van der Waals surface area contributed by atoms with E-state index in [2.05, 4.69) is 15.5 Å². The maximum absolute atomic E-state index is 13.1. The second-order valence-electron chi connectivity index (χ2n) is 6.04. The normalized spacial score (nSPS) is 13.4. The highest BCUT2D eigenvalue weighted by atomic mass is 35.5. The zero-order valence-electron chi connectivity index (χ0n) is 14.5. The number of hydrogen-bond acceptors (Lipinski definition) is 5. The van der Waals surface area contributed by atoms with Gasteiger partial charge in [-0.15, -0.1) is 10.2 Å². The molecule has 0 saturated heterocycles. The molecule has 2 aromatic heterocycles. The van der Waals surface area contributed by atoms with Crippen LogP contribution in [0.5, 0.6) is 11.5 Å². The summed E-state index contributed by atoms with van der Waals surface area (Å²) in [6.07, 6.45) is -0.518. The van der Waals surface area contributed by atoms with Crippen molar-refractivity contribution in [2.75, 3.05) is 6.79 Å². The second-order valence-corrected chi connectivity index (χ2v) is 6.48. The number of hydrogen-bond donors (Lipinski definition) is 1. The Morgan fingerprint density at radius 3 is 2.83 bits per heavy atom. The van der Waals surface area contributed by atoms with Gasteiger partial charge in [0.25, 0.3) is 0 Å². The van der Waals surface area contributed by atoms with Crippen LogP contribution < -0.4 is 14.8 Å². The van der Waals surface area contributed by atoms with Crippen molar-refractivity contribution in [1.29, 1.82) is 0 Å². The van der Waals surface area contributed by atoms with E-state index >= 15 is 0 Å². The van der Waals surface area contributed by atoms with Crippen LogP contribution in [0.25, 0.3) is 11.7 Å². The molecular formula is C18H12ClF3N4O3. The molecule has 7 nitrogen and oxygen atoms in total. The van der Waals surface area contributed by atoms with Crippen molar-refractivity contribution >= 4 is 29.2 Å². The zero-order valence-corrected chi connectivity index (χ0v) is 15.3. The van der Waals surface area contributed by atoms with E-state index < -0.39 is 17.6 Å². The first-order valence-electron chi connectivity index (χ1n) is 8.27. The number of carbonyl (C=O) groups excluding carboxylic acids is 1. The molecule has 29 heavy (non-hydrogen) atoms. The third-order valence-corrected chi connectivity index (χ3v) is 4.30. The molecule has 1 aromatic carbocycles. The molecule has 0 saturated carbocycles. The Bertz CT molecular complexity index is 1130. The Morgan fingerprint density at radius 2 is 2.03 bits per heavy atom. The van der Waals surface area contributed by atoms with Crippen molar-refractivity contribution in [1.82, 2.24) is 19.9 Å². The molecule has 0 aliphatic carbocycles. The van der Waals surface area contributed by atoms with E-state index in [4.69, 9.17) is 21.1 Å². The van der Waals surface area contributed by atoms with E-state index in [0.29, 0.717) is 11.5 Å². The number of nitrogens with zero attached hydrogens (tertiary/aromatic N) is 3. The van der Waals surface area contributed by atoms with Crippen LogP contribution in [0.15, 0.2) is 36.5 Å². The minimum absolute atomic E-state index is 0.109. The van der Waals surface area contributed by atoms with Crippen LogP contribution >= 0.6 is 11.6 Å². The molecule has 0 radical (unpaired) electrons. The monoisotopic (exact) mass is 424 g/mol. The maximum atomic E-state index is 13.1. The summed E-state index contributed by atoms with van der Waals surface area (Å²) >= 11 is 5.79. The average Bonchev–Trinajstić information content (AvgIpc) is 3.29. The average molecular weight is 425 g/mol. The summed E-state index contributed by atoms with van der Waals surface area (Å²) in [5.41, 5.74) is -0.668. The van der Waals surface area contributed by atoms with E-state index in [-0.39, 0.29) is 29.8 Å². The third-order valence-electron chi connectivity index (χ3n) is 4.09. The van der Waals surface area contributed by atoms with Gasteiger partial charge < -0.3 is 14.8 Å². The molecule has 11 heteroatoms. The van der Waals surface area contributed by atoms with E-state index in [9.17, 15) is 18.0 Å². The number of pyridine rings is 1. The minimum Gasteiger partial charge on any atom is -0.454 e. The van der Waals surface area contributed by atoms with Gasteiger partial charge in [-0.1, -0.05) is 17.7 Å². The number of rotatable bonds is 4. The zero-order chi connectivity index (χ0) is 20.6. The number of ether oxygens (including phenoxy) is 2. The lowest BCUT2D eigenvalue weighted by Crippen LogP contribution is -2.21. The number of carbonyl (C=O) groups is 1. The minimum atomic E-state index is -4.63. The lowest BCUT2D eigenvalue weighted by Gasteiger charge is -2.09. The van der Waals surface area contributed by atoms with Crippen molar-refractivity contribution in [2.45, 2.75) is 12.7 Å². The fourth-order valence-corrected chi connectivity index (χ4v) is 2.96. The molecule has 0 atom stereocenters. The largest absolute Gasteiger partial charge is 0.454 e. The molecule has 1 aliphatic rings. The number of nitrogens with one attached hydrogen (secondary N) is 1. The molecule has 4 rings (SSSR count). The predicted octanol–water partition coefficient (Wildman–Crippen LogP) is 3.46. The Balaban J connectivity index is 1.47. The highest BCUT2D eigenvalue weighted by Crippen LogP contribution is 2.34. The molecule has 1 amide bonds. The lowest BCUT2D eigenvalue weighted by atomic mass is 10.2. The van der Waals surface area contributed by atoms with E-state index in [0.717, 1.165) is 16.0 Å². The van der Waals surface area contributed by atoms with Crippen LogP contribution in [0.2, 0.25) is 5.02 Å². The molecule has 1 N–H and O–H groups in total. The van der Waals surface area contributed by atoms with Gasteiger partial charge in [-0.2, -0.15) is 13.2 Å². The fourth-order valence-electron chi connectivity index (χ4n) is 2.75. The number of fused-ring (bicyclic) bond motifs is 2. The van der Waals surface area contributed by atoms with Crippen molar-refractivity contribution in [2.24, 2.45) is 0 Å². The standard InChI is InChI=1S/C18H12ClF3N4O3/c19-11-6-12(18(20,21)22)17-25-24-15(26(17)8-11)7-23-16(27)4-2-10-1-3-13-14(5-10)29-9-28-13/h1-6,8H,7,9H2,(H,23,27)/b4-2+. The van der Waals surface area contributed by atoms with Crippen molar-refractivity contribution in [3.05, 3.63) is 58.5 Å². The summed E-state index contributed by atoms with van der Waals surface area (Å²) in [5, 5.41) is 9.72. The van der Waals surface area contributed by atoms with E-state index in [1.54, 1.807) is 24.3 Å². The van der Waals surface area contributed by atoms with Crippen molar-refractivity contribution in [3.8, 4) is 11.5 Å². The number of amides is 1. The Kier molecular flexibility index (Phi) is 4.79. The number of halogens is 4. The van der Waals surface area contributed by atoms with Crippen molar-refractivity contribution < 1.29 is 27.4 Å². The molecule has 0 fully saturated rings. The lowest BCUT2D eigenvalue weighted by molar-refractivity contribution is -0.136. The summed E-state index contributed by atoms with van der Waals surface area (Å²) in [5.74, 6) is 0.859.